The number of rotatable bonds is 5. The van der Waals surface area contributed by atoms with Crippen molar-refractivity contribution in [1.82, 2.24) is 10.2 Å². The van der Waals surface area contributed by atoms with Crippen molar-refractivity contribution in [3.63, 3.8) is 0 Å². The van der Waals surface area contributed by atoms with Crippen molar-refractivity contribution in [3.05, 3.63) is 35.9 Å². The summed E-state index contributed by atoms with van der Waals surface area (Å²) in [7, 11) is 0. The molecule has 2 aliphatic rings. The lowest BCUT2D eigenvalue weighted by molar-refractivity contribution is -0.00362. The van der Waals surface area contributed by atoms with Gasteiger partial charge in [0.2, 0.25) is 0 Å². The minimum absolute atomic E-state index is 0.447. The van der Waals surface area contributed by atoms with E-state index in [-0.39, 0.29) is 0 Å². The summed E-state index contributed by atoms with van der Waals surface area (Å²) in [6.45, 7) is 5.58. The number of nitrogens with zero attached hydrogens (tertiary/aromatic N) is 1. The van der Waals surface area contributed by atoms with E-state index in [9.17, 15) is 0 Å². The highest BCUT2D eigenvalue weighted by Gasteiger charge is 2.23. The highest BCUT2D eigenvalue weighted by molar-refractivity contribution is 5.13. The van der Waals surface area contributed by atoms with Gasteiger partial charge in [-0.1, -0.05) is 30.3 Å². The fourth-order valence-corrected chi connectivity index (χ4v) is 3.27. The van der Waals surface area contributed by atoms with Gasteiger partial charge in [0.25, 0.3) is 0 Å². The average molecular weight is 274 g/mol. The quantitative estimate of drug-likeness (QED) is 0.892. The summed E-state index contributed by atoms with van der Waals surface area (Å²) >= 11 is 0. The van der Waals surface area contributed by atoms with Crippen LogP contribution < -0.4 is 5.32 Å². The highest BCUT2D eigenvalue weighted by Crippen LogP contribution is 2.17. The molecule has 3 heteroatoms. The minimum Gasteiger partial charge on any atom is -0.373 e. The molecule has 2 heterocycles. The van der Waals surface area contributed by atoms with E-state index in [0.717, 1.165) is 12.6 Å². The first kappa shape index (κ1) is 14.1. The molecule has 1 aromatic carbocycles. The van der Waals surface area contributed by atoms with E-state index in [1.165, 1.54) is 57.4 Å². The summed E-state index contributed by atoms with van der Waals surface area (Å²) in [5.74, 6) is 0. The third-order valence-corrected chi connectivity index (χ3v) is 4.50. The summed E-state index contributed by atoms with van der Waals surface area (Å²) in [5, 5.41) is 3.59. The van der Waals surface area contributed by atoms with Gasteiger partial charge in [0.15, 0.2) is 0 Å². The average Bonchev–Trinajstić information content (AvgIpc) is 3.01. The first-order chi connectivity index (χ1) is 9.90. The van der Waals surface area contributed by atoms with Crippen LogP contribution in [0.3, 0.4) is 0 Å². The zero-order valence-corrected chi connectivity index (χ0v) is 12.3. The van der Waals surface area contributed by atoms with Gasteiger partial charge in [0.1, 0.15) is 0 Å². The van der Waals surface area contributed by atoms with E-state index in [0.29, 0.717) is 6.10 Å². The number of piperidine rings is 1. The molecule has 0 aliphatic carbocycles. The van der Waals surface area contributed by atoms with Gasteiger partial charge >= 0.3 is 0 Å². The second kappa shape index (κ2) is 7.21. The van der Waals surface area contributed by atoms with Crippen molar-refractivity contribution in [1.29, 1.82) is 0 Å². The van der Waals surface area contributed by atoms with Crippen LogP contribution in [0.25, 0.3) is 0 Å². The van der Waals surface area contributed by atoms with Crippen molar-refractivity contribution in [2.45, 2.75) is 44.4 Å². The van der Waals surface area contributed by atoms with E-state index in [2.05, 4.69) is 40.5 Å². The van der Waals surface area contributed by atoms with Crippen molar-refractivity contribution >= 4 is 0 Å². The molecule has 3 rings (SSSR count). The Labute approximate surface area is 122 Å². The maximum atomic E-state index is 6.05. The Morgan fingerprint density at radius 1 is 1.10 bits per heavy atom. The second-order valence-electron chi connectivity index (χ2n) is 6.09. The molecule has 0 unspecified atom stereocenters. The molecule has 1 aromatic rings. The van der Waals surface area contributed by atoms with Gasteiger partial charge in [-0.15, -0.1) is 0 Å². The predicted octanol–water partition coefficient (Wildman–Crippen LogP) is 2.42. The van der Waals surface area contributed by atoms with Crippen LogP contribution in [0.2, 0.25) is 0 Å². The topological polar surface area (TPSA) is 24.5 Å². The third kappa shape index (κ3) is 4.05. The maximum absolute atomic E-state index is 6.05. The van der Waals surface area contributed by atoms with Crippen LogP contribution >= 0.6 is 0 Å². The number of likely N-dealkylation sites (tertiary alicyclic amines) is 1. The summed E-state index contributed by atoms with van der Waals surface area (Å²) in [5.41, 5.74) is 1.28. The molecule has 110 valence electrons. The lowest BCUT2D eigenvalue weighted by atomic mass is 10.1. The molecule has 3 nitrogen and oxygen atoms in total. The van der Waals surface area contributed by atoms with Crippen LogP contribution in [0.4, 0.5) is 0 Å². The fourth-order valence-electron chi connectivity index (χ4n) is 3.27. The van der Waals surface area contributed by atoms with Crippen LogP contribution in [0.1, 0.15) is 31.2 Å². The van der Waals surface area contributed by atoms with Crippen molar-refractivity contribution in [2.24, 2.45) is 0 Å². The molecule has 0 saturated carbocycles. The van der Waals surface area contributed by atoms with E-state index in [4.69, 9.17) is 4.74 Å². The van der Waals surface area contributed by atoms with Gasteiger partial charge in [0.05, 0.1) is 12.7 Å². The van der Waals surface area contributed by atoms with E-state index in [1.54, 1.807) is 0 Å². The molecule has 2 aliphatic heterocycles. The molecular weight excluding hydrogens is 248 g/mol. The number of hydrogen-bond acceptors (Lipinski definition) is 3. The summed E-state index contributed by atoms with van der Waals surface area (Å²) in [6.07, 6.45) is 5.51. The monoisotopic (exact) mass is 274 g/mol. The minimum atomic E-state index is 0.447. The van der Waals surface area contributed by atoms with E-state index < -0.39 is 0 Å². The predicted molar refractivity (Wildman–Crippen MR) is 81.7 cm³/mol. The van der Waals surface area contributed by atoms with Crippen molar-refractivity contribution < 1.29 is 4.74 Å². The highest BCUT2D eigenvalue weighted by atomic mass is 16.5. The lowest BCUT2D eigenvalue weighted by Gasteiger charge is -2.33. The molecule has 1 atom stereocenters. The number of benzene rings is 1. The molecule has 20 heavy (non-hydrogen) atoms. The molecule has 0 aromatic heterocycles. The second-order valence-corrected chi connectivity index (χ2v) is 6.09. The Morgan fingerprint density at radius 3 is 2.60 bits per heavy atom. The van der Waals surface area contributed by atoms with Crippen LogP contribution in [0.5, 0.6) is 0 Å². The Bertz CT molecular complexity index is 381. The number of hydrogen-bond donors (Lipinski definition) is 1. The fraction of sp³-hybridized carbons (Fsp3) is 0.647. The first-order valence-corrected chi connectivity index (χ1v) is 8.01. The molecule has 1 N–H and O–H groups in total. The zero-order chi connectivity index (χ0) is 13.6. The zero-order valence-electron chi connectivity index (χ0n) is 12.3. The van der Waals surface area contributed by atoms with Gasteiger partial charge in [-0.3, -0.25) is 0 Å². The van der Waals surface area contributed by atoms with Crippen molar-refractivity contribution in [3.8, 4) is 0 Å². The molecule has 0 bridgehead atoms. The normalized spacial score (nSPS) is 25.1. The van der Waals surface area contributed by atoms with Crippen LogP contribution in [-0.2, 0) is 11.3 Å². The molecule has 0 radical (unpaired) electrons. The first-order valence-electron chi connectivity index (χ1n) is 8.01. The van der Waals surface area contributed by atoms with Crippen LogP contribution in [0.15, 0.2) is 30.3 Å². The largest absolute Gasteiger partial charge is 0.373 e. The summed E-state index contributed by atoms with van der Waals surface area (Å²) in [6, 6.07) is 11.2. The Morgan fingerprint density at radius 2 is 1.90 bits per heavy atom. The summed E-state index contributed by atoms with van der Waals surface area (Å²) < 4.78 is 6.05. The van der Waals surface area contributed by atoms with Gasteiger partial charge in [-0.25, -0.2) is 0 Å². The van der Waals surface area contributed by atoms with E-state index >= 15 is 0 Å². The van der Waals surface area contributed by atoms with Crippen LogP contribution in [0, 0.1) is 0 Å². The Kier molecular flexibility index (Phi) is 5.06. The Hall–Kier alpha value is -0.900. The summed E-state index contributed by atoms with van der Waals surface area (Å²) in [4.78, 5) is 2.60. The van der Waals surface area contributed by atoms with Gasteiger partial charge in [0, 0.05) is 25.7 Å². The SMILES string of the molecule is c1ccc(COC2CCN(C[C@@H]3CCCN3)CC2)cc1. The van der Waals surface area contributed by atoms with E-state index in [1.807, 2.05) is 0 Å². The lowest BCUT2D eigenvalue weighted by Crippen LogP contribution is -2.43. The molecule has 0 amide bonds. The van der Waals surface area contributed by atoms with Crippen LogP contribution in [-0.4, -0.2) is 43.2 Å². The number of ether oxygens (including phenoxy) is 1. The standard InChI is InChI=1S/C17H26N2O/c1-2-5-15(6-3-1)14-20-17-8-11-19(12-9-17)13-16-7-4-10-18-16/h1-3,5-6,16-18H,4,7-14H2/t16-/m0/s1. The van der Waals surface area contributed by atoms with Gasteiger partial charge in [-0.05, 0) is 37.8 Å². The molecule has 2 fully saturated rings. The third-order valence-electron chi connectivity index (χ3n) is 4.50. The molecular formula is C17H26N2O. The van der Waals surface area contributed by atoms with Crippen molar-refractivity contribution in [2.75, 3.05) is 26.2 Å². The van der Waals surface area contributed by atoms with Gasteiger partial charge in [-0.2, -0.15) is 0 Å². The maximum Gasteiger partial charge on any atom is 0.0720 e. The number of nitrogens with one attached hydrogen (secondary N) is 1. The smallest absolute Gasteiger partial charge is 0.0720 e. The molecule has 2 saturated heterocycles. The molecule has 0 spiro atoms. The van der Waals surface area contributed by atoms with Gasteiger partial charge < -0.3 is 15.0 Å². The Balaban J connectivity index is 1.35.